The third-order valence-electron chi connectivity index (χ3n) is 5.38. The molecule has 1 saturated heterocycles. The van der Waals surface area contributed by atoms with Gasteiger partial charge in [-0.1, -0.05) is 49.9 Å². The molecule has 0 atom stereocenters. The lowest BCUT2D eigenvalue weighted by Crippen LogP contribution is -2.31. The number of carbonyl (C=O) groups excluding carboxylic acids is 1. The molecular formula is C24H28N4OS. The average molecular weight is 421 g/mol. The quantitative estimate of drug-likeness (QED) is 0.536. The molecule has 2 aromatic carbocycles. The smallest absolute Gasteiger partial charge is 0.234 e. The molecule has 0 saturated carbocycles. The Labute approximate surface area is 182 Å². The first kappa shape index (κ1) is 20.7. The molecule has 0 radical (unpaired) electrons. The van der Waals surface area contributed by atoms with Crippen LogP contribution in [0.15, 0.2) is 53.6 Å². The average Bonchev–Trinajstić information content (AvgIpc) is 2.78. The van der Waals surface area contributed by atoms with Gasteiger partial charge in [-0.25, -0.2) is 9.97 Å². The van der Waals surface area contributed by atoms with Crippen LogP contribution in [0, 0.1) is 0 Å². The van der Waals surface area contributed by atoms with Gasteiger partial charge in [0.15, 0.2) is 5.82 Å². The lowest BCUT2D eigenvalue weighted by Gasteiger charge is -2.29. The minimum atomic E-state index is -0.0307. The monoisotopic (exact) mass is 420 g/mol. The normalized spacial score (nSPS) is 14.3. The first-order valence-corrected chi connectivity index (χ1v) is 11.6. The molecule has 6 heteroatoms. The summed E-state index contributed by atoms with van der Waals surface area (Å²) in [6.07, 6.45) is 3.61. The lowest BCUT2D eigenvalue weighted by molar-refractivity contribution is -0.113. The third-order valence-corrected chi connectivity index (χ3v) is 6.33. The van der Waals surface area contributed by atoms with E-state index in [1.807, 2.05) is 36.4 Å². The van der Waals surface area contributed by atoms with E-state index in [2.05, 4.69) is 36.2 Å². The van der Waals surface area contributed by atoms with E-state index >= 15 is 0 Å². The third kappa shape index (κ3) is 4.93. The van der Waals surface area contributed by atoms with Crippen LogP contribution >= 0.6 is 11.8 Å². The molecule has 0 spiro atoms. The largest absolute Gasteiger partial charge is 0.354 e. The molecule has 0 aliphatic carbocycles. The molecule has 1 amide bonds. The van der Waals surface area contributed by atoms with E-state index < -0.39 is 0 Å². The van der Waals surface area contributed by atoms with Crippen LogP contribution in [0.1, 0.15) is 44.6 Å². The highest BCUT2D eigenvalue weighted by atomic mass is 32.2. The Morgan fingerprint density at radius 2 is 1.67 bits per heavy atom. The molecule has 1 fully saturated rings. The Morgan fingerprint density at radius 1 is 1.00 bits per heavy atom. The highest BCUT2D eigenvalue weighted by Crippen LogP contribution is 2.31. The zero-order valence-corrected chi connectivity index (χ0v) is 18.4. The molecule has 1 N–H and O–H groups in total. The van der Waals surface area contributed by atoms with E-state index in [0.717, 1.165) is 40.7 Å². The highest BCUT2D eigenvalue weighted by molar-refractivity contribution is 8.00. The van der Waals surface area contributed by atoms with Crippen LogP contribution < -0.4 is 10.2 Å². The fourth-order valence-electron chi connectivity index (χ4n) is 3.67. The SMILES string of the molecule is CC(C)c1ccc(NC(=O)CSc2nc3ccccc3nc2N2CCCCC2)cc1. The number of carbonyl (C=O) groups is 1. The molecular weight excluding hydrogens is 392 g/mol. The van der Waals surface area contributed by atoms with Crippen molar-refractivity contribution in [3.63, 3.8) is 0 Å². The predicted octanol–water partition coefficient (Wildman–Crippen LogP) is 5.47. The zero-order valence-electron chi connectivity index (χ0n) is 17.6. The Hall–Kier alpha value is -2.60. The van der Waals surface area contributed by atoms with Gasteiger partial charge in [0.05, 0.1) is 16.8 Å². The number of nitrogens with zero attached hydrogens (tertiary/aromatic N) is 3. The number of benzene rings is 2. The van der Waals surface area contributed by atoms with Crippen LogP contribution in [0.2, 0.25) is 0 Å². The van der Waals surface area contributed by atoms with Gasteiger partial charge in [0.2, 0.25) is 5.91 Å². The molecule has 30 heavy (non-hydrogen) atoms. The van der Waals surface area contributed by atoms with Gasteiger partial charge in [-0.2, -0.15) is 0 Å². The number of hydrogen-bond acceptors (Lipinski definition) is 5. The van der Waals surface area contributed by atoms with Crippen molar-refractivity contribution in [1.82, 2.24) is 9.97 Å². The number of thioether (sulfide) groups is 1. The molecule has 0 bridgehead atoms. The Balaban J connectivity index is 1.48. The van der Waals surface area contributed by atoms with Gasteiger partial charge >= 0.3 is 0 Å². The number of piperidine rings is 1. The van der Waals surface area contributed by atoms with E-state index in [9.17, 15) is 4.79 Å². The molecule has 5 nitrogen and oxygen atoms in total. The van der Waals surface area contributed by atoms with Crippen LogP contribution in [-0.2, 0) is 4.79 Å². The standard InChI is InChI=1S/C24H28N4OS/c1-17(2)18-10-12-19(13-11-18)25-22(29)16-30-24-23(28-14-6-3-7-15-28)26-20-8-4-5-9-21(20)27-24/h4-5,8-13,17H,3,6-7,14-16H2,1-2H3,(H,25,29). The van der Waals surface area contributed by atoms with Crippen molar-refractivity contribution in [3.05, 3.63) is 54.1 Å². The summed E-state index contributed by atoms with van der Waals surface area (Å²) >= 11 is 1.46. The predicted molar refractivity (Wildman–Crippen MR) is 125 cm³/mol. The number of fused-ring (bicyclic) bond motifs is 1. The number of amides is 1. The summed E-state index contributed by atoms with van der Waals surface area (Å²) < 4.78 is 0. The van der Waals surface area contributed by atoms with Gasteiger partial charge < -0.3 is 10.2 Å². The number of para-hydroxylation sites is 2. The topological polar surface area (TPSA) is 58.1 Å². The van der Waals surface area contributed by atoms with Crippen molar-refractivity contribution < 1.29 is 4.79 Å². The first-order chi connectivity index (χ1) is 14.6. The Morgan fingerprint density at radius 3 is 2.33 bits per heavy atom. The molecule has 1 aliphatic heterocycles. The first-order valence-electron chi connectivity index (χ1n) is 10.6. The number of nitrogens with one attached hydrogen (secondary N) is 1. The number of anilines is 2. The summed E-state index contributed by atoms with van der Waals surface area (Å²) in [5.41, 5.74) is 3.85. The molecule has 0 unspecified atom stereocenters. The highest BCUT2D eigenvalue weighted by Gasteiger charge is 2.19. The maximum atomic E-state index is 12.6. The molecule has 2 heterocycles. The summed E-state index contributed by atoms with van der Waals surface area (Å²) in [6.45, 7) is 6.31. The number of rotatable bonds is 6. The summed E-state index contributed by atoms with van der Waals surface area (Å²) in [5, 5.41) is 3.83. The van der Waals surface area contributed by atoms with E-state index in [4.69, 9.17) is 9.97 Å². The van der Waals surface area contributed by atoms with E-state index in [-0.39, 0.29) is 5.91 Å². The van der Waals surface area contributed by atoms with Crippen molar-refractivity contribution in [2.75, 3.05) is 29.1 Å². The van der Waals surface area contributed by atoms with Gasteiger partial charge in [-0.05, 0) is 55.0 Å². The number of hydrogen-bond donors (Lipinski definition) is 1. The van der Waals surface area contributed by atoms with Crippen LogP contribution in [-0.4, -0.2) is 34.7 Å². The Bertz CT molecular complexity index is 1010. The minimum Gasteiger partial charge on any atom is -0.354 e. The van der Waals surface area contributed by atoms with Crippen LogP contribution in [0.3, 0.4) is 0 Å². The minimum absolute atomic E-state index is 0.0307. The summed E-state index contributed by atoms with van der Waals surface area (Å²) in [4.78, 5) is 24.6. The molecule has 1 aliphatic rings. The van der Waals surface area contributed by atoms with Crippen molar-refractivity contribution in [2.24, 2.45) is 0 Å². The molecule has 156 valence electrons. The van der Waals surface area contributed by atoms with E-state index in [0.29, 0.717) is 11.7 Å². The molecule has 4 rings (SSSR count). The summed E-state index contributed by atoms with van der Waals surface area (Å²) in [5.74, 6) is 1.66. The second-order valence-electron chi connectivity index (χ2n) is 8.00. The van der Waals surface area contributed by atoms with Crippen molar-refractivity contribution in [2.45, 2.75) is 44.1 Å². The van der Waals surface area contributed by atoms with Gasteiger partial charge in [-0.15, -0.1) is 0 Å². The lowest BCUT2D eigenvalue weighted by atomic mass is 10.0. The summed E-state index contributed by atoms with van der Waals surface area (Å²) in [6, 6.07) is 16.0. The van der Waals surface area contributed by atoms with Gasteiger partial charge in [0.1, 0.15) is 5.03 Å². The maximum absolute atomic E-state index is 12.6. The summed E-state index contributed by atoms with van der Waals surface area (Å²) in [7, 11) is 0. The Kier molecular flexibility index (Phi) is 6.53. The molecule has 3 aromatic rings. The van der Waals surface area contributed by atoms with E-state index in [1.54, 1.807) is 0 Å². The van der Waals surface area contributed by atoms with Crippen LogP contribution in [0.5, 0.6) is 0 Å². The van der Waals surface area contributed by atoms with E-state index in [1.165, 1.54) is 36.6 Å². The zero-order chi connectivity index (χ0) is 20.9. The van der Waals surface area contributed by atoms with Gasteiger partial charge in [-0.3, -0.25) is 4.79 Å². The fraction of sp³-hybridized carbons (Fsp3) is 0.375. The van der Waals surface area contributed by atoms with Gasteiger partial charge in [0, 0.05) is 18.8 Å². The van der Waals surface area contributed by atoms with Crippen LogP contribution in [0.4, 0.5) is 11.5 Å². The van der Waals surface area contributed by atoms with Crippen molar-refractivity contribution in [1.29, 1.82) is 0 Å². The van der Waals surface area contributed by atoms with Crippen molar-refractivity contribution >= 4 is 40.2 Å². The number of aromatic nitrogens is 2. The second-order valence-corrected chi connectivity index (χ2v) is 8.97. The maximum Gasteiger partial charge on any atom is 0.234 e. The molecule has 1 aromatic heterocycles. The van der Waals surface area contributed by atoms with Crippen molar-refractivity contribution in [3.8, 4) is 0 Å². The second kappa shape index (κ2) is 9.47. The van der Waals surface area contributed by atoms with Crippen LogP contribution in [0.25, 0.3) is 11.0 Å². The van der Waals surface area contributed by atoms with Gasteiger partial charge in [0.25, 0.3) is 0 Å². The fourth-order valence-corrected chi connectivity index (χ4v) is 4.47.